The first-order valence-electron chi connectivity index (χ1n) is 8.12. The smallest absolute Gasteiger partial charge is 0.345 e. The number of benzene rings is 1. The number of aliphatic hydroxyl groups excluding tert-OH is 1. The molecule has 3 N–H and O–H groups in total. The average molecular weight is 348 g/mol. The van der Waals surface area contributed by atoms with E-state index in [9.17, 15) is 14.7 Å². The second kappa shape index (κ2) is 7.54. The van der Waals surface area contributed by atoms with E-state index in [0.29, 0.717) is 37.2 Å². The molecule has 0 atom stereocenters. The second-order valence-electron chi connectivity index (χ2n) is 5.66. The van der Waals surface area contributed by atoms with Crippen LogP contribution >= 0.6 is 0 Å². The van der Waals surface area contributed by atoms with E-state index in [0.717, 1.165) is 12.1 Å². The normalized spacial score (nSPS) is 13.3. The number of hydrogen-bond donors (Lipinski definition) is 3. The van der Waals surface area contributed by atoms with Crippen LogP contribution in [0, 0.1) is 0 Å². The van der Waals surface area contributed by atoms with Crippen LogP contribution in [0.3, 0.4) is 0 Å². The zero-order valence-corrected chi connectivity index (χ0v) is 13.7. The Morgan fingerprint density at radius 2 is 2.20 bits per heavy atom. The number of nitrogens with zero attached hydrogens (tertiary/aromatic N) is 1. The van der Waals surface area contributed by atoms with Crippen LogP contribution in [0.15, 0.2) is 23.0 Å². The number of aromatic nitrogens is 1. The molecule has 1 aliphatic rings. The minimum Gasteiger partial charge on any atom is -0.478 e. The number of aromatic carboxylic acids is 1. The lowest BCUT2D eigenvalue weighted by Gasteiger charge is -2.23. The molecule has 1 aromatic heterocycles. The van der Waals surface area contributed by atoms with Gasteiger partial charge in [-0.1, -0.05) is 0 Å². The number of aryl methyl sites for hydroxylation is 1. The van der Waals surface area contributed by atoms with E-state index in [2.05, 4.69) is 5.32 Å². The number of carboxylic acid groups (broad SMARTS) is 1. The zero-order chi connectivity index (χ0) is 17.8. The summed E-state index contributed by atoms with van der Waals surface area (Å²) in [5, 5.41) is 21.6. The number of hydrogen-bond acceptors (Lipinski definition) is 6. The van der Waals surface area contributed by atoms with Crippen LogP contribution in [-0.2, 0) is 11.3 Å². The summed E-state index contributed by atoms with van der Waals surface area (Å²) in [6.45, 7) is 2.25. The Kier molecular flexibility index (Phi) is 5.20. The van der Waals surface area contributed by atoms with Crippen molar-refractivity contribution >= 4 is 22.6 Å². The summed E-state index contributed by atoms with van der Waals surface area (Å²) in [6, 6.07) is 5.17. The largest absolute Gasteiger partial charge is 0.478 e. The van der Waals surface area contributed by atoms with Crippen LogP contribution in [0.4, 0.5) is 5.69 Å². The highest BCUT2D eigenvalue weighted by molar-refractivity contribution is 5.96. The summed E-state index contributed by atoms with van der Waals surface area (Å²) >= 11 is 0. The van der Waals surface area contributed by atoms with E-state index in [-0.39, 0.29) is 24.7 Å². The number of ether oxygens (including phenoxy) is 2. The highest BCUT2D eigenvalue weighted by Gasteiger charge is 2.25. The molecule has 0 spiro atoms. The van der Waals surface area contributed by atoms with Crippen molar-refractivity contribution in [3.05, 3.63) is 34.0 Å². The molecule has 0 radical (unpaired) electrons. The average Bonchev–Trinajstić information content (AvgIpc) is 2.61. The molecule has 1 aliphatic heterocycles. The molecule has 0 bridgehead atoms. The number of aliphatic hydroxyl groups is 1. The fourth-order valence-corrected chi connectivity index (χ4v) is 2.92. The van der Waals surface area contributed by atoms with Gasteiger partial charge in [0.1, 0.15) is 0 Å². The molecule has 0 fully saturated rings. The maximum Gasteiger partial charge on any atom is 0.345 e. The van der Waals surface area contributed by atoms with Gasteiger partial charge in [-0.25, -0.2) is 4.79 Å². The number of pyridine rings is 1. The molecule has 3 rings (SSSR count). The maximum atomic E-state index is 12.5. The predicted molar refractivity (Wildman–Crippen MR) is 91.7 cm³/mol. The number of fused-ring (bicyclic) bond motifs is 3. The van der Waals surface area contributed by atoms with Gasteiger partial charge in [-0.3, -0.25) is 4.79 Å². The van der Waals surface area contributed by atoms with Gasteiger partial charge in [0.2, 0.25) is 11.3 Å². The van der Waals surface area contributed by atoms with Gasteiger partial charge in [-0.15, -0.1) is 0 Å². The van der Waals surface area contributed by atoms with Gasteiger partial charge in [0.25, 0.3) is 0 Å². The van der Waals surface area contributed by atoms with Crippen LogP contribution in [-0.4, -0.2) is 53.7 Å². The Balaban J connectivity index is 1.97. The van der Waals surface area contributed by atoms with E-state index in [4.69, 9.17) is 14.6 Å². The minimum atomic E-state index is -1.28. The van der Waals surface area contributed by atoms with Crippen molar-refractivity contribution in [2.24, 2.45) is 0 Å². The zero-order valence-electron chi connectivity index (χ0n) is 13.7. The lowest BCUT2D eigenvalue weighted by atomic mass is 10.1. The standard InChI is InChI=1S/C17H20N2O6/c20-6-9-24-8-4-18-11-2-3-12-13(10-11)19-5-1-7-25-16(19)14(15(12)21)17(22)23/h2-3,10,18,20H,1,4-9H2,(H,22,23). The topological polar surface area (TPSA) is 110 Å². The van der Waals surface area contributed by atoms with Crippen molar-refractivity contribution in [2.75, 3.05) is 38.3 Å². The lowest BCUT2D eigenvalue weighted by Crippen LogP contribution is -2.26. The van der Waals surface area contributed by atoms with Gasteiger partial charge >= 0.3 is 5.97 Å². The molecule has 0 saturated heterocycles. The number of carboxylic acids is 1. The van der Waals surface area contributed by atoms with Crippen molar-refractivity contribution in [1.29, 1.82) is 0 Å². The quantitative estimate of drug-likeness (QED) is 0.638. The van der Waals surface area contributed by atoms with Crippen molar-refractivity contribution in [3.8, 4) is 5.88 Å². The molecule has 1 aromatic carbocycles. The summed E-state index contributed by atoms with van der Waals surface area (Å²) in [4.78, 5) is 24.0. The molecule has 0 amide bonds. The molecule has 134 valence electrons. The second-order valence-corrected chi connectivity index (χ2v) is 5.66. The van der Waals surface area contributed by atoms with Gasteiger partial charge in [0, 0.05) is 24.2 Å². The van der Waals surface area contributed by atoms with Crippen LogP contribution < -0.4 is 15.5 Å². The van der Waals surface area contributed by atoms with Gasteiger partial charge in [-0.2, -0.15) is 0 Å². The lowest BCUT2D eigenvalue weighted by molar-refractivity contribution is 0.0686. The molecular formula is C17H20N2O6. The van der Waals surface area contributed by atoms with E-state index in [1.54, 1.807) is 16.7 Å². The Morgan fingerprint density at radius 3 is 2.96 bits per heavy atom. The Morgan fingerprint density at radius 1 is 1.36 bits per heavy atom. The number of carbonyl (C=O) groups is 1. The summed E-state index contributed by atoms with van der Waals surface area (Å²) in [7, 11) is 0. The van der Waals surface area contributed by atoms with Gasteiger partial charge in [0.05, 0.1) is 31.9 Å². The molecule has 2 heterocycles. The van der Waals surface area contributed by atoms with Gasteiger partial charge in [-0.05, 0) is 24.6 Å². The molecule has 8 heteroatoms. The first kappa shape index (κ1) is 17.2. The summed E-state index contributed by atoms with van der Waals surface area (Å²) in [5.41, 5.74) is 0.590. The summed E-state index contributed by atoms with van der Waals surface area (Å²) in [5.74, 6) is -1.15. The minimum absolute atomic E-state index is 0.0169. The third-order valence-electron chi connectivity index (χ3n) is 4.01. The van der Waals surface area contributed by atoms with E-state index >= 15 is 0 Å². The van der Waals surface area contributed by atoms with E-state index in [1.807, 2.05) is 6.07 Å². The Labute approximate surface area is 143 Å². The van der Waals surface area contributed by atoms with Crippen LogP contribution in [0.2, 0.25) is 0 Å². The number of nitrogens with one attached hydrogen (secondary N) is 1. The SMILES string of the molecule is O=C(O)c1c2n(c3cc(NCCOCCO)ccc3c1=O)CCCO2. The summed E-state index contributed by atoms with van der Waals surface area (Å²) < 4.78 is 12.4. The molecule has 2 aromatic rings. The first-order valence-corrected chi connectivity index (χ1v) is 8.12. The summed E-state index contributed by atoms with van der Waals surface area (Å²) in [6.07, 6.45) is 0.747. The van der Waals surface area contributed by atoms with Crippen molar-refractivity contribution in [3.63, 3.8) is 0 Å². The fourth-order valence-electron chi connectivity index (χ4n) is 2.92. The van der Waals surface area contributed by atoms with Crippen LogP contribution in [0.1, 0.15) is 16.8 Å². The number of rotatable bonds is 7. The molecule has 25 heavy (non-hydrogen) atoms. The van der Waals surface area contributed by atoms with Crippen molar-refractivity contribution in [2.45, 2.75) is 13.0 Å². The van der Waals surface area contributed by atoms with Crippen molar-refractivity contribution in [1.82, 2.24) is 4.57 Å². The van der Waals surface area contributed by atoms with Crippen LogP contribution in [0.5, 0.6) is 5.88 Å². The third-order valence-corrected chi connectivity index (χ3v) is 4.01. The first-order chi connectivity index (χ1) is 12.1. The molecule has 0 saturated carbocycles. The molecule has 8 nitrogen and oxygen atoms in total. The predicted octanol–water partition coefficient (Wildman–Crippen LogP) is 0.903. The highest BCUT2D eigenvalue weighted by atomic mass is 16.5. The Hall–Kier alpha value is -2.58. The molecule has 0 aliphatic carbocycles. The Bertz CT molecular complexity index is 845. The van der Waals surface area contributed by atoms with Crippen LogP contribution in [0.25, 0.3) is 10.9 Å². The fraction of sp³-hybridized carbons (Fsp3) is 0.412. The van der Waals surface area contributed by atoms with Crippen molar-refractivity contribution < 1.29 is 24.5 Å². The molecular weight excluding hydrogens is 328 g/mol. The van der Waals surface area contributed by atoms with Gasteiger partial charge in [0.15, 0.2) is 5.56 Å². The van der Waals surface area contributed by atoms with E-state index in [1.165, 1.54) is 0 Å². The third kappa shape index (κ3) is 3.45. The monoisotopic (exact) mass is 348 g/mol. The maximum absolute atomic E-state index is 12.5. The molecule has 0 unspecified atom stereocenters. The van der Waals surface area contributed by atoms with E-state index < -0.39 is 11.4 Å². The highest BCUT2D eigenvalue weighted by Crippen LogP contribution is 2.28. The number of anilines is 1. The van der Waals surface area contributed by atoms with Gasteiger partial charge < -0.3 is 29.6 Å².